The summed E-state index contributed by atoms with van der Waals surface area (Å²) in [5.74, 6) is 1.13. The number of hydrogen-bond donors (Lipinski definition) is 0. The van der Waals surface area contributed by atoms with Crippen LogP contribution in [0.2, 0.25) is 0 Å². The third-order valence-electron chi connectivity index (χ3n) is 4.03. The highest BCUT2D eigenvalue weighted by Crippen LogP contribution is 2.24. The molecule has 122 valence electrons. The van der Waals surface area contributed by atoms with Crippen molar-refractivity contribution in [1.29, 1.82) is 0 Å². The van der Waals surface area contributed by atoms with Gasteiger partial charge in [-0.25, -0.2) is 0 Å². The van der Waals surface area contributed by atoms with Crippen molar-refractivity contribution in [2.24, 2.45) is 0 Å². The Bertz CT molecular complexity index is 776. The summed E-state index contributed by atoms with van der Waals surface area (Å²) in [6.07, 6.45) is 3.49. The van der Waals surface area contributed by atoms with E-state index in [-0.39, 0.29) is 6.10 Å². The van der Waals surface area contributed by atoms with Crippen molar-refractivity contribution >= 4 is 0 Å². The van der Waals surface area contributed by atoms with Crippen LogP contribution in [0.4, 0.5) is 0 Å². The molecule has 0 unspecified atom stereocenters. The lowest BCUT2D eigenvalue weighted by Crippen LogP contribution is -2.37. The third-order valence-corrected chi connectivity index (χ3v) is 4.03. The van der Waals surface area contributed by atoms with Crippen molar-refractivity contribution < 1.29 is 9.26 Å². The molecule has 1 aromatic carbocycles. The van der Waals surface area contributed by atoms with Gasteiger partial charge in [-0.2, -0.15) is 4.98 Å². The Morgan fingerprint density at radius 2 is 2.04 bits per heavy atom. The van der Waals surface area contributed by atoms with Crippen LogP contribution in [0.5, 0.6) is 0 Å². The average molecular weight is 322 g/mol. The van der Waals surface area contributed by atoms with Crippen LogP contribution in [-0.4, -0.2) is 39.7 Å². The molecule has 1 saturated heterocycles. The second-order valence-electron chi connectivity index (χ2n) is 5.78. The van der Waals surface area contributed by atoms with Crippen LogP contribution in [0.25, 0.3) is 11.4 Å². The van der Waals surface area contributed by atoms with Crippen molar-refractivity contribution in [1.82, 2.24) is 20.0 Å². The van der Waals surface area contributed by atoms with E-state index < -0.39 is 0 Å². The van der Waals surface area contributed by atoms with E-state index in [1.54, 1.807) is 6.20 Å². The fraction of sp³-hybridized carbons (Fsp3) is 0.278. The minimum Gasteiger partial charge on any atom is -0.366 e. The number of hydrogen-bond acceptors (Lipinski definition) is 6. The van der Waals surface area contributed by atoms with E-state index in [2.05, 4.69) is 26.1 Å². The van der Waals surface area contributed by atoms with E-state index in [1.807, 2.05) is 42.6 Å². The molecule has 3 aromatic rings. The minimum atomic E-state index is -0.194. The summed E-state index contributed by atoms with van der Waals surface area (Å²) in [5, 5.41) is 4.08. The summed E-state index contributed by atoms with van der Waals surface area (Å²) < 4.78 is 11.3. The van der Waals surface area contributed by atoms with Gasteiger partial charge < -0.3 is 9.26 Å². The Labute approximate surface area is 140 Å². The zero-order valence-electron chi connectivity index (χ0n) is 13.2. The first-order chi connectivity index (χ1) is 11.9. The van der Waals surface area contributed by atoms with E-state index in [9.17, 15) is 0 Å². The molecule has 0 saturated carbocycles. The van der Waals surface area contributed by atoms with Gasteiger partial charge in [-0.3, -0.25) is 9.88 Å². The minimum absolute atomic E-state index is 0.194. The van der Waals surface area contributed by atoms with Crippen molar-refractivity contribution in [3.05, 3.63) is 66.3 Å². The molecule has 4 rings (SSSR count). The molecule has 0 amide bonds. The molecule has 0 bridgehead atoms. The SMILES string of the molecule is c1ccc(-c2noc([C@H]3CN(Cc4cccnc4)CCO3)n2)cc1. The quantitative estimate of drug-likeness (QED) is 0.736. The predicted octanol–water partition coefficient (Wildman–Crippen LogP) is 2.71. The Balaban J connectivity index is 1.45. The van der Waals surface area contributed by atoms with E-state index in [4.69, 9.17) is 9.26 Å². The molecule has 1 aliphatic rings. The van der Waals surface area contributed by atoms with Gasteiger partial charge in [0, 0.05) is 37.6 Å². The van der Waals surface area contributed by atoms with Gasteiger partial charge >= 0.3 is 0 Å². The van der Waals surface area contributed by atoms with Crippen molar-refractivity contribution in [2.75, 3.05) is 19.7 Å². The number of rotatable bonds is 4. The fourth-order valence-corrected chi connectivity index (χ4v) is 2.82. The van der Waals surface area contributed by atoms with Crippen molar-refractivity contribution in [2.45, 2.75) is 12.6 Å². The van der Waals surface area contributed by atoms with E-state index in [0.717, 1.165) is 25.2 Å². The number of benzene rings is 1. The molecule has 0 aliphatic carbocycles. The highest BCUT2D eigenvalue weighted by molar-refractivity contribution is 5.53. The first-order valence-corrected chi connectivity index (χ1v) is 8.00. The zero-order valence-corrected chi connectivity index (χ0v) is 13.2. The molecule has 1 aliphatic heterocycles. The summed E-state index contributed by atoms with van der Waals surface area (Å²) in [7, 11) is 0. The third kappa shape index (κ3) is 3.34. The molecule has 1 fully saturated rings. The average Bonchev–Trinajstić information content (AvgIpc) is 3.14. The van der Waals surface area contributed by atoms with Crippen molar-refractivity contribution in [3.63, 3.8) is 0 Å². The normalized spacial score (nSPS) is 18.6. The Kier molecular flexibility index (Phi) is 4.31. The molecule has 6 heteroatoms. The number of nitrogens with zero attached hydrogens (tertiary/aromatic N) is 4. The maximum atomic E-state index is 5.83. The summed E-state index contributed by atoms with van der Waals surface area (Å²) in [6, 6.07) is 13.8. The first kappa shape index (κ1) is 15.0. The van der Waals surface area contributed by atoms with Gasteiger partial charge in [0.15, 0.2) is 0 Å². The smallest absolute Gasteiger partial charge is 0.257 e. The monoisotopic (exact) mass is 322 g/mol. The maximum absolute atomic E-state index is 5.83. The predicted molar refractivity (Wildman–Crippen MR) is 87.9 cm³/mol. The number of ether oxygens (including phenoxy) is 1. The number of pyridine rings is 1. The van der Waals surface area contributed by atoms with Crippen molar-refractivity contribution in [3.8, 4) is 11.4 Å². The lowest BCUT2D eigenvalue weighted by molar-refractivity contribution is -0.0475. The molecule has 3 heterocycles. The molecule has 0 spiro atoms. The van der Waals surface area contributed by atoms with Crippen LogP contribution in [0.15, 0.2) is 59.4 Å². The maximum Gasteiger partial charge on any atom is 0.257 e. The summed E-state index contributed by atoms with van der Waals surface area (Å²) >= 11 is 0. The molecular weight excluding hydrogens is 304 g/mol. The zero-order chi connectivity index (χ0) is 16.2. The van der Waals surface area contributed by atoms with E-state index >= 15 is 0 Å². The van der Waals surface area contributed by atoms with Gasteiger partial charge in [-0.05, 0) is 11.6 Å². The van der Waals surface area contributed by atoms with E-state index in [1.165, 1.54) is 5.56 Å². The first-order valence-electron chi connectivity index (χ1n) is 8.00. The van der Waals surface area contributed by atoms with Gasteiger partial charge in [0.1, 0.15) is 6.10 Å². The molecule has 2 aromatic heterocycles. The Morgan fingerprint density at radius 3 is 2.88 bits per heavy atom. The molecule has 6 nitrogen and oxygen atoms in total. The van der Waals surface area contributed by atoms with Gasteiger partial charge in [-0.1, -0.05) is 41.6 Å². The highest BCUT2D eigenvalue weighted by atomic mass is 16.5. The van der Waals surface area contributed by atoms with Crippen LogP contribution in [-0.2, 0) is 11.3 Å². The van der Waals surface area contributed by atoms with E-state index in [0.29, 0.717) is 18.3 Å². The van der Waals surface area contributed by atoms with Gasteiger partial charge in [0.25, 0.3) is 5.89 Å². The lowest BCUT2D eigenvalue weighted by atomic mass is 10.2. The van der Waals surface area contributed by atoms with Gasteiger partial charge in [0.05, 0.1) is 6.61 Å². The molecule has 1 atom stereocenters. The number of morpholine rings is 1. The summed E-state index contributed by atoms with van der Waals surface area (Å²) in [4.78, 5) is 11.0. The Hall–Kier alpha value is -2.57. The molecule has 0 radical (unpaired) electrons. The Morgan fingerprint density at radius 1 is 1.12 bits per heavy atom. The topological polar surface area (TPSA) is 64.3 Å². The summed E-state index contributed by atoms with van der Waals surface area (Å²) in [6.45, 7) is 3.09. The number of aromatic nitrogens is 3. The second-order valence-corrected chi connectivity index (χ2v) is 5.78. The standard InChI is InChI=1S/C18H18N4O2/c1-2-6-15(7-3-1)17-20-18(24-21-17)16-13-22(9-10-23-16)12-14-5-4-8-19-11-14/h1-8,11,16H,9-10,12-13H2/t16-/m1/s1. The second kappa shape index (κ2) is 6.90. The molecule has 24 heavy (non-hydrogen) atoms. The molecule has 0 N–H and O–H groups in total. The highest BCUT2D eigenvalue weighted by Gasteiger charge is 2.27. The van der Waals surface area contributed by atoms with Crippen LogP contribution in [0.1, 0.15) is 17.6 Å². The van der Waals surface area contributed by atoms with Crippen LogP contribution in [0.3, 0.4) is 0 Å². The van der Waals surface area contributed by atoms with Gasteiger partial charge in [0.2, 0.25) is 5.82 Å². The fourth-order valence-electron chi connectivity index (χ4n) is 2.82. The molecular formula is C18H18N4O2. The lowest BCUT2D eigenvalue weighted by Gasteiger charge is -2.30. The van der Waals surface area contributed by atoms with Crippen LogP contribution < -0.4 is 0 Å². The van der Waals surface area contributed by atoms with Crippen LogP contribution in [0, 0.1) is 0 Å². The van der Waals surface area contributed by atoms with Gasteiger partial charge in [-0.15, -0.1) is 0 Å². The largest absolute Gasteiger partial charge is 0.366 e. The van der Waals surface area contributed by atoms with Crippen LogP contribution >= 0.6 is 0 Å². The summed E-state index contributed by atoms with van der Waals surface area (Å²) in [5.41, 5.74) is 2.13.